The van der Waals surface area contributed by atoms with Gasteiger partial charge in [0.25, 0.3) is 0 Å². The molecule has 1 rings (SSSR count). The number of rotatable bonds is 1. The fourth-order valence-corrected chi connectivity index (χ4v) is 1.71. The summed E-state index contributed by atoms with van der Waals surface area (Å²) in [7, 11) is 0. The Morgan fingerprint density at radius 2 is 1.79 bits per heavy atom. The number of hydrogen-bond acceptors (Lipinski definition) is 3. The van der Waals surface area contributed by atoms with E-state index in [4.69, 9.17) is 9.84 Å². The largest absolute Gasteiger partial charge is 0.444 e. The van der Waals surface area contributed by atoms with Gasteiger partial charge in [0.15, 0.2) is 0 Å². The Morgan fingerprint density at radius 1 is 1.26 bits per heavy atom. The van der Waals surface area contributed by atoms with Crippen LogP contribution in [0.25, 0.3) is 0 Å². The average Bonchev–Trinajstić information content (AvgIpc) is 2.41. The van der Waals surface area contributed by atoms with Crippen LogP contribution in [0, 0.1) is 5.92 Å². The Morgan fingerprint density at radius 3 is 2.21 bits per heavy atom. The van der Waals surface area contributed by atoms with Crippen LogP contribution in [-0.4, -0.2) is 41.4 Å². The Bertz CT molecular complexity index is 224. The highest BCUT2D eigenvalue weighted by molar-refractivity contribution is 5.68. The topological polar surface area (TPSA) is 49.8 Å². The second-order valence-corrected chi connectivity index (χ2v) is 5.12. The molecule has 1 heterocycles. The molecule has 1 amide bonds. The third-order valence-corrected chi connectivity index (χ3v) is 2.43. The van der Waals surface area contributed by atoms with Gasteiger partial charge in [-0.3, -0.25) is 0 Å². The molecule has 1 aliphatic heterocycles. The van der Waals surface area contributed by atoms with Crippen molar-refractivity contribution in [2.24, 2.45) is 5.92 Å². The van der Waals surface area contributed by atoms with Crippen LogP contribution in [0.5, 0.6) is 0 Å². The molecule has 0 aliphatic carbocycles. The van der Waals surface area contributed by atoms with Crippen molar-refractivity contribution in [2.45, 2.75) is 66.9 Å². The molecule has 0 aromatic heterocycles. The summed E-state index contributed by atoms with van der Waals surface area (Å²) >= 11 is 0. The summed E-state index contributed by atoms with van der Waals surface area (Å²) in [6, 6.07) is 0. The van der Waals surface area contributed by atoms with E-state index in [0.29, 0.717) is 6.54 Å². The number of likely N-dealkylation sites (tertiary alicyclic amines) is 1. The van der Waals surface area contributed by atoms with E-state index >= 15 is 0 Å². The summed E-state index contributed by atoms with van der Waals surface area (Å²) in [5.41, 5.74) is -0.441. The summed E-state index contributed by atoms with van der Waals surface area (Å²) in [6.45, 7) is 15.1. The Labute approximate surface area is 119 Å². The summed E-state index contributed by atoms with van der Waals surface area (Å²) in [5.74, 6) is 0.214. The van der Waals surface area contributed by atoms with Crippen molar-refractivity contribution in [3.63, 3.8) is 0 Å². The van der Waals surface area contributed by atoms with Crippen LogP contribution in [-0.2, 0) is 4.74 Å². The zero-order valence-electron chi connectivity index (χ0n) is 13.8. The summed E-state index contributed by atoms with van der Waals surface area (Å²) < 4.78 is 5.28. The molecule has 1 unspecified atom stereocenters. The van der Waals surface area contributed by atoms with Gasteiger partial charge in [-0.1, -0.05) is 27.7 Å². The fourth-order valence-electron chi connectivity index (χ4n) is 1.71. The zero-order valence-corrected chi connectivity index (χ0v) is 13.8. The highest BCUT2D eigenvalue weighted by atomic mass is 16.6. The highest BCUT2D eigenvalue weighted by Gasteiger charge is 2.26. The number of amides is 1. The first-order valence-electron chi connectivity index (χ1n) is 7.51. The van der Waals surface area contributed by atoms with E-state index in [1.807, 2.05) is 48.5 Å². The van der Waals surface area contributed by atoms with E-state index in [2.05, 4.69) is 0 Å². The minimum Gasteiger partial charge on any atom is -0.444 e. The van der Waals surface area contributed by atoms with Crippen molar-refractivity contribution < 1.29 is 14.6 Å². The maximum atomic E-state index is 11.7. The lowest BCUT2D eigenvalue weighted by Gasteiger charge is -2.33. The molecule has 19 heavy (non-hydrogen) atoms. The molecule has 4 nitrogen and oxygen atoms in total. The van der Waals surface area contributed by atoms with Crippen LogP contribution in [0.2, 0.25) is 0 Å². The molecule has 0 spiro atoms. The van der Waals surface area contributed by atoms with Gasteiger partial charge in [0, 0.05) is 19.7 Å². The SMILES string of the molecule is CC.CC.CC(C)(C)OC(=O)N1CCCC(CO)C1. The van der Waals surface area contributed by atoms with Crippen LogP contribution >= 0.6 is 0 Å². The van der Waals surface area contributed by atoms with Crippen LogP contribution in [0.15, 0.2) is 0 Å². The number of aliphatic hydroxyl groups is 1. The van der Waals surface area contributed by atoms with Crippen LogP contribution in [0.3, 0.4) is 0 Å². The number of piperidine rings is 1. The number of aliphatic hydroxyl groups excluding tert-OH is 1. The summed E-state index contributed by atoms with van der Waals surface area (Å²) in [4.78, 5) is 13.4. The number of hydrogen-bond donors (Lipinski definition) is 1. The smallest absolute Gasteiger partial charge is 0.410 e. The lowest BCUT2D eigenvalue weighted by Crippen LogP contribution is -2.43. The molecule has 1 N–H and O–H groups in total. The van der Waals surface area contributed by atoms with E-state index in [0.717, 1.165) is 19.4 Å². The molecule has 4 heteroatoms. The number of carbonyl (C=O) groups is 1. The van der Waals surface area contributed by atoms with Crippen molar-refractivity contribution in [1.29, 1.82) is 0 Å². The number of nitrogens with zero attached hydrogens (tertiary/aromatic N) is 1. The lowest BCUT2D eigenvalue weighted by molar-refractivity contribution is 0.0132. The second-order valence-electron chi connectivity index (χ2n) is 5.12. The van der Waals surface area contributed by atoms with Gasteiger partial charge in [0.1, 0.15) is 5.60 Å². The van der Waals surface area contributed by atoms with Crippen molar-refractivity contribution in [1.82, 2.24) is 4.90 Å². The molecule has 1 fully saturated rings. The van der Waals surface area contributed by atoms with Gasteiger partial charge < -0.3 is 14.7 Å². The van der Waals surface area contributed by atoms with E-state index < -0.39 is 5.60 Å². The normalized spacial score (nSPS) is 18.5. The summed E-state index contributed by atoms with van der Waals surface area (Å²) in [6.07, 6.45) is 1.68. The van der Waals surface area contributed by atoms with Crippen LogP contribution in [0.1, 0.15) is 61.3 Å². The standard InChI is InChI=1S/C11H21NO3.2C2H6/c1-11(2,3)15-10(14)12-6-4-5-9(7-12)8-13;2*1-2/h9,13H,4-8H2,1-3H3;2*1-2H3. The van der Waals surface area contributed by atoms with E-state index in [-0.39, 0.29) is 18.6 Å². The minimum atomic E-state index is -0.441. The molecule has 116 valence electrons. The number of carbonyl (C=O) groups excluding carboxylic acids is 1. The van der Waals surface area contributed by atoms with Crippen molar-refractivity contribution >= 4 is 6.09 Å². The third-order valence-electron chi connectivity index (χ3n) is 2.43. The molecule has 1 saturated heterocycles. The van der Waals surface area contributed by atoms with E-state index in [1.165, 1.54) is 0 Å². The van der Waals surface area contributed by atoms with Crippen LogP contribution in [0.4, 0.5) is 4.79 Å². The van der Waals surface area contributed by atoms with E-state index in [1.54, 1.807) is 4.90 Å². The monoisotopic (exact) mass is 275 g/mol. The molecule has 0 aromatic rings. The van der Waals surface area contributed by atoms with Crippen molar-refractivity contribution in [2.75, 3.05) is 19.7 Å². The maximum Gasteiger partial charge on any atom is 0.410 e. The van der Waals surface area contributed by atoms with Gasteiger partial charge in [0.05, 0.1) is 0 Å². The first-order valence-corrected chi connectivity index (χ1v) is 7.51. The Hall–Kier alpha value is -0.770. The lowest BCUT2D eigenvalue weighted by atomic mass is 9.99. The van der Waals surface area contributed by atoms with Gasteiger partial charge in [-0.2, -0.15) is 0 Å². The molecule has 1 atom stereocenters. The highest BCUT2D eigenvalue weighted by Crippen LogP contribution is 2.18. The Kier molecular flexibility index (Phi) is 12.0. The Balaban J connectivity index is 0. The first kappa shape index (κ1) is 20.5. The predicted molar refractivity (Wildman–Crippen MR) is 80.3 cm³/mol. The van der Waals surface area contributed by atoms with Crippen molar-refractivity contribution in [3.8, 4) is 0 Å². The molecular formula is C15H33NO3. The molecular weight excluding hydrogens is 242 g/mol. The quantitative estimate of drug-likeness (QED) is 0.794. The van der Waals surface area contributed by atoms with Gasteiger partial charge in [-0.05, 0) is 39.5 Å². The van der Waals surface area contributed by atoms with E-state index in [9.17, 15) is 4.79 Å². The average molecular weight is 275 g/mol. The number of ether oxygens (including phenoxy) is 1. The summed E-state index contributed by atoms with van der Waals surface area (Å²) in [5, 5.41) is 9.04. The molecule has 0 aromatic carbocycles. The van der Waals surface area contributed by atoms with Gasteiger partial charge in [0.2, 0.25) is 0 Å². The van der Waals surface area contributed by atoms with Gasteiger partial charge in [-0.25, -0.2) is 4.79 Å². The first-order chi connectivity index (χ1) is 8.92. The predicted octanol–water partition coefficient (Wildman–Crippen LogP) is 3.68. The van der Waals surface area contributed by atoms with Gasteiger partial charge >= 0.3 is 6.09 Å². The second kappa shape index (κ2) is 11.1. The third kappa shape index (κ3) is 9.77. The maximum absolute atomic E-state index is 11.7. The fraction of sp³-hybridized carbons (Fsp3) is 0.933. The van der Waals surface area contributed by atoms with Crippen molar-refractivity contribution in [3.05, 3.63) is 0 Å². The van der Waals surface area contributed by atoms with Crippen LogP contribution < -0.4 is 0 Å². The molecule has 0 radical (unpaired) electrons. The van der Waals surface area contributed by atoms with Gasteiger partial charge in [-0.15, -0.1) is 0 Å². The molecule has 0 saturated carbocycles. The minimum absolute atomic E-state index is 0.152. The zero-order chi connectivity index (χ0) is 15.5. The molecule has 0 bridgehead atoms. The molecule has 1 aliphatic rings.